The molecule has 2 rings (SSSR count). The minimum atomic E-state index is -0.526. The van der Waals surface area contributed by atoms with Crippen molar-refractivity contribution in [2.75, 3.05) is 32.6 Å². The number of ether oxygens (including phenoxy) is 1. The molecule has 0 aromatic carbocycles. The first kappa shape index (κ1) is 20.5. The number of methoxy groups -OCH3 is 1. The molecule has 1 unspecified atom stereocenters. The number of esters is 1. The summed E-state index contributed by atoms with van der Waals surface area (Å²) < 4.78 is 8.46. The molecule has 0 saturated carbocycles. The number of amides is 2. The number of rotatable bonds is 7. The zero-order valence-electron chi connectivity index (χ0n) is 16.9. The van der Waals surface area contributed by atoms with E-state index in [0.29, 0.717) is 12.2 Å². The molecular weight excluding hydrogens is 350 g/mol. The Hall–Kier alpha value is -2.84. The molecule has 9 nitrogen and oxygen atoms in total. The fraction of sp³-hybridized carbons (Fsp3) is 0.556. The van der Waals surface area contributed by atoms with Gasteiger partial charge in [0.1, 0.15) is 6.54 Å². The lowest BCUT2D eigenvalue weighted by molar-refractivity contribution is -0.141. The van der Waals surface area contributed by atoms with Crippen LogP contribution in [0.25, 0.3) is 5.78 Å². The maximum Gasteiger partial charge on any atom is 0.325 e. The summed E-state index contributed by atoms with van der Waals surface area (Å²) in [5.41, 5.74) is 2.10. The highest BCUT2D eigenvalue weighted by atomic mass is 16.5. The first-order valence-corrected chi connectivity index (χ1v) is 8.79. The summed E-state index contributed by atoms with van der Waals surface area (Å²) in [6.07, 6.45) is 1.50. The van der Waals surface area contributed by atoms with E-state index in [0.717, 1.165) is 17.8 Å². The molecule has 0 spiro atoms. The molecule has 0 radical (unpaired) electrons. The Morgan fingerprint density at radius 3 is 2.41 bits per heavy atom. The lowest BCUT2D eigenvalue weighted by Gasteiger charge is -2.18. The molecular formula is C18H27N5O4. The van der Waals surface area contributed by atoms with E-state index in [1.165, 1.54) is 24.0 Å². The normalized spacial score (nSPS) is 12.1. The highest BCUT2D eigenvalue weighted by Gasteiger charge is 2.30. The van der Waals surface area contributed by atoms with Crippen molar-refractivity contribution in [3.63, 3.8) is 0 Å². The maximum absolute atomic E-state index is 13.1. The van der Waals surface area contributed by atoms with Gasteiger partial charge in [0.25, 0.3) is 5.91 Å². The van der Waals surface area contributed by atoms with E-state index in [9.17, 15) is 14.4 Å². The van der Waals surface area contributed by atoms with E-state index in [-0.39, 0.29) is 24.1 Å². The minimum Gasteiger partial charge on any atom is -0.468 e. The lowest BCUT2D eigenvalue weighted by Crippen LogP contribution is -2.34. The molecule has 2 heterocycles. The Morgan fingerprint density at radius 2 is 1.89 bits per heavy atom. The van der Waals surface area contributed by atoms with Gasteiger partial charge in [0.2, 0.25) is 12.2 Å². The first-order chi connectivity index (χ1) is 12.7. The molecule has 27 heavy (non-hydrogen) atoms. The van der Waals surface area contributed by atoms with Crippen molar-refractivity contribution in [2.45, 2.75) is 40.2 Å². The van der Waals surface area contributed by atoms with Crippen LogP contribution in [-0.4, -0.2) is 64.9 Å². The number of anilines is 1. The summed E-state index contributed by atoms with van der Waals surface area (Å²) in [5.74, 6) is -0.0947. The van der Waals surface area contributed by atoms with Gasteiger partial charge >= 0.3 is 5.97 Å². The molecule has 0 N–H and O–H groups in total. The topological polar surface area (TPSA) is 89.2 Å². The molecule has 0 fully saturated rings. The molecule has 2 amide bonds. The number of aryl methyl sites for hydroxylation is 1. The van der Waals surface area contributed by atoms with Crippen LogP contribution in [0.1, 0.15) is 48.2 Å². The highest BCUT2D eigenvalue weighted by Crippen LogP contribution is 2.29. The third kappa shape index (κ3) is 3.41. The monoisotopic (exact) mass is 377 g/mol. The van der Waals surface area contributed by atoms with Gasteiger partial charge in [-0.1, -0.05) is 6.92 Å². The van der Waals surface area contributed by atoms with E-state index in [4.69, 9.17) is 0 Å². The molecule has 0 aliphatic carbocycles. The highest BCUT2D eigenvalue weighted by molar-refractivity contribution is 6.01. The summed E-state index contributed by atoms with van der Waals surface area (Å²) in [5, 5.41) is 0. The van der Waals surface area contributed by atoms with Gasteiger partial charge in [0.15, 0.2) is 11.5 Å². The van der Waals surface area contributed by atoms with Gasteiger partial charge in [0, 0.05) is 31.5 Å². The van der Waals surface area contributed by atoms with Crippen molar-refractivity contribution in [1.29, 1.82) is 0 Å². The molecule has 1 atom stereocenters. The number of hydrogen-bond donors (Lipinski definition) is 0. The van der Waals surface area contributed by atoms with Crippen LogP contribution in [0.2, 0.25) is 0 Å². The Labute approximate surface area is 158 Å². The zero-order valence-corrected chi connectivity index (χ0v) is 16.9. The maximum atomic E-state index is 13.1. The van der Waals surface area contributed by atoms with Crippen molar-refractivity contribution in [3.05, 3.63) is 17.1 Å². The Morgan fingerprint density at radius 1 is 1.26 bits per heavy atom. The van der Waals surface area contributed by atoms with Crippen LogP contribution in [0.4, 0.5) is 5.82 Å². The van der Waals surface area contributed by atoms with E-state index in [2.05, 4.69) is 28.1 Å². The smallest absolute Gasteiger partial charge is 0.325 e. The van der Waals surface area contributed by atoms with Crippen molar-refractivity contribution in [3.8, 4) is 0 Å². The predicted molar refractivity (Wildman–Crippen MR) is 101 cm³/mol. The number of likely N-dealkylation sites (N-methyl/N-ethyl adjacent to an activating group) is 1. The first-order valence-electron chi connectivity index (χ1n) is 8.79. The van der Waals surface area contributed by atoms with Crippen molar-refractivity contribution < 1.29 is 19.1 Å². The molecule has 9 heteroatoms. The molecule has 2 aromatic heterocycles. The molecule has 0 aliphatic heterocycles. The summed E-state index contributed by atoms with van der Waals surface area (Å²) >= 11 is 0. The molecule has 0 bridgehead atoms. The van der Waals surface area contributed by atoms with Crippen LogP contribution in [0.5, 0.6) is 0 Å². The van der Waals surface area contributed by atoms with E-state index < -0.39 is 11.9 Å². The summed E-state index contributed by atoms with van der Waals surface area (Å²) in [4.78, 5) is 43.2. The van der Waals surface area contributed by atoms with Gasteiger partial charge in [-0.3, -0.25) is 18.8 Å². The van der Waals surface area contributed by atoms with Crippen LogP contribution in [0.15, 0.2) is 0 Å². The molecule has 0 saturated heterocycles. The minimum absolute atomic E-state index is 0.175. The molecule has 0 aliphatic rings. The quantitative estimate of drug-likeness (QED) is 0.540. The van der Waals surface area contributed by atoms with Crippen LogP contribution in [0.3, 0.4) is 0 Å². The van der Waals surface area contributed by atoms with Gasteiger partial charge in [-0.15, -0.1) is 0 Å². The number of aromatic nitrogens is 3. The number of hydrogen-bond acceptors (Lipinski definition) is 5. The number of fused-ring (bicyclic) bond motifs is 1. The van der Waals surface area contributed by atoms with Crippen molar-refractivity contribution in [1.82, 2.24) is 18.9 Å². The van der Waals surface area contributed by atoms with Crippen LogP contribution in [0, 0.1) is 13.8 Å². The number of nitrogens with zero attached hydrogens (tertiary/aromatic N) is 5. The second kappa shape index (κ2) is 7.81. The third-order valence-electron chi connectivity index (χ3n) is 4.94. The standard InChI is InChI=1S/C18H27N5O4/c1-8-11(2)22-12(3)13(4)23-15(16(19-18(22)23)21(6)10-24)17(26)20(5)9-14(25)27-7/h10-11H,8-9H2,1-7H3. The summed E-state index contributed by atoms with van der Waals surface area (Å²) in [7, 11) is 4.32. The summed E-state index contributed by atoms with van der Waals surface area (Å²) in [6.45, 7) is 7.84. The van der Waals surface area contributed by atoms with E-state index in [1.54, 1.807) is 11.4 Å². The van der Waals surface area contributed by atoms with E-state index >= 15 is 0 Å². The largest absolute Gasteiger partial charge is 0.468 e. The lowest BCUT2D eigenvalue weighted by atomic mass is 10.2. The van der Waals surface area contributed by atoms with Gasteiger partial charge in [-0.05, 0) is 27.2 Å². The molecule has 148 valence electrons. The van der Waals surface area contributed by atoms with Gasteiger partial charge in [-0.25, -0.2) is 0 Å². The summed E-state index contributed by atoms with van der Waals surface area (Å²) in [6, 6.07) is 0.175. The second-order valence-corrected chi connectivity index (χ2v) is 6.67. The number of carbonyl (C=O) groups excluding carboxylic acids is 3. The molecule has 2 aromatic rings. The Kier molecular flexibility index (Phi) is 5.92. The van der Waals surface area contributed by atoms with Gasteiger partial charge in [-0.2, -0.15) is 4.98 Å². The predicted octanol–water partition coefficient (Wildman–Crippen LogP) is 1.56. The fourth-order valence-corrected chi connectivity index (χ4v) is 3.07. The Bertz CT molecular complexity index is 882. The third-order valence-corrected chi connectivity index (χ3v) is 4.94. The SMILES string of the molecule is CCC(C)n1c(C)c(C)n2c(C(=O)N(C)CC(=O)OC)c(N(C)C=O)nc12. The van der Waals surface area contributed by atoms with Crippen LogP contribution >= 0.6 is 0 Å². The number of carbonyl (C=O) groups is 3. The zero-order chi connectivity index (χ0) is 20.5. The van der Waals surface area contributed by atoms with Crippen molar-refractivity contribution in [2.24, 2.45) is 0 Å². The van der Waals surface area contributed by atoms with Crippen molar-refractivity contribution >= 4 is 29.9 Å². The van der Waals surface area contributed by atoms with Crippen LogP contribution in [-0.2, 0) is 14.3 Å². The second-order valence-electron chi connectivity index (χ2n) is 6.67. The average Bonchev–Trinajstić information content (AvgIpc) is 3.15. The van der Waals surface area contributed by atoms with Crippen LogP contribution < -0.4 is 4.90 Å². The van der Waals surface area contributed by atoms with E-state index in [1.807, 2.05) is 13.8 Å². The Balaban J connectivity index is 2.74. The van der Waals surface area contributed by atoms with Gasteiger partial charge < -0.3 is 19.1 Å². The number of imidazole rings is 2. The fourth-order valence-electron chi connectivity index (χ4n) is 3.07. The van der Waals surface area contributed by atoms with Gasteiger partial charge in [0.05, 0.1) is 7.11 Å². The average molecular weight is 377 g/mol.